The molecule has 2 N–H and O–H groups in total. The molecule has 0 radical (unpaired) electrons. The summed E-state index contributed by atoms with van der Waals surface area (Å²) in [7, 11) is 0. The number of ether oxygens (including phenoxy) is 1. The van der Waals surface area contributed by atoms with Crippen molar-refractivity contribution in [1.82, 2.24) is 0 Å². The van der Waals surface area contributed by atoms with E-state index in [1.807, 2.05) is 30.3 Å². The van der Waals surface area contributed by atoms with Crippen LogP contribution in [0.4, 0.5) is 0 Å². The van der Waals surface area contributed by atoms with Gasteiger partial charge in [-0.3, -0.25) is 0 Å². The van der Waals surface area contributed by atoms with Crippen molar-refractivity contribution in [2.45, 2.75) is 25.8 Å². The summed E-state index contributed by atoms with van der Waals surface area (Å²) >= 11 is 13.1. The lowest BCUT2D eigenvalue weighted by Crippen LogP contribution is -2.21. The van der Waals surface area contributed by atoms with Gasteiger partial charge in [0.05, 0.1) is 9.50 Å². The van der Waals surface area contributed by atoms with Gasteiger partial charge in [0.25, 0.3) is 0 Å². The van der Waals surface area contributed by atoms with Gasteiger partial charge in [-0.1, -0.05) is 40.5 Å². The molecule has 2 aromatic carbocycles. The van der Waals surface area contributed by atoms with Crippen LogP contribution in [0, 0.1) is 0 Å². The van der Waals surface area contributed by atoms with E-state index < -0.39 is 0 Å². The molecule has 0 amide bonds. The smallest absolute Gasteiger partial charge is 0.147 e. The number of hydrogen-bond donors (Lipinski definition) is 1. The fourth-order valence-electron chi connectivity index (χ4n) is 1.88. The molecule has 1 atom stereocenters. The zero-order chi connectivity index (χ0) is 15.4. The van der Waals surface area contributed by atoms with Crippen LogP contribution in [0.1, 0.15) is 18.9 Å². The molecule has 0 bridgehead atoms. The largest absolute Gasteiger partial charge is 0.455 e. The predicted octanol–water partition coefficient (Wildman–Crippen LogP) is 5.94. The van der Waals surface area contributed by atoms with Gasteiger partial charge in [0.1, 0.15) is 11.5 Å². The van der Waals surface area contributed by atoms with E-state index in [0.29, 0.717) is 10.8 Å². The molecule has 0 saturated heterocycles. The molecule has 5 heteroatoms. The maximum atomic E-state index is 6.14. The van der Waals surface area contributed by atoms with E-state index in [0.717, 1.165) is 27.5 Å². The van der Waals surface area contributed by atoms with Crippen molar-refractivity contribution >= 4 is 43.5 Å². The zero-order valence-electron chi connectivity index (χ0n) is 11.6. The average Bonchev–Trinajstić information content (AvgIpc) is 2.45. The number of benzene rings is 2. The van der Waals surface area contributed by atoms with E-state index >= 15 is 0 Å². The fourth-order valence-corrected chi connectivity index (χ4v) is 2.88. The van der Waals surface area contributed by atoms with Crippen LogP contribution in [-0.4, -0.2) is 6.04 Å². The van der Waals surface area contributed by atoms with Gasteiger partial charge < -0.3 is 10.5 Å². The summed E-state index contributed by atoms with van der Waals surface area (Å²) in [6.07, 6.45) is 1.82. The Hall–Kier alpha value is -0.550. The third-order valence-electron chi connectivity index (χ3n) is 3.13. The van der Waals surface area contributed by atoms with Gasteiger partial charge in [0.15, 0.2) is 0 Å². The van der Waals surface area contributed by atoms with Crippen LogP contribution in [0.5, 0.6) is 11.5 Å². The minimum atomic E-state index is 0.184. The van der Waals surface area contributed by atoms with E-state index in [-0.39, 0.29) is 6.04 Å². The number of rotatable bonds is 5. The Morgan fingerprint density at radius 1 is 1.14 bits per heavy atom. The second-order valence-electron chi connectivity index (χ2n) is 4.81. The summed E-state index contributed by atoms with van der Waals surface area (Å²) in [6, 6.07) is 11.7. The molecule has 2 nitrogen and oxygen atoms in total. The highest BCUT2D eigenvalue weighted by Gasteiger charge is 2.09. The SMILES string of the molecule is CCC(N)Cc1ccc(Oc2cc(Br)ccc2Cl)c(Br)c1. The molecule has 0 heterocycles. The van der Waals surface area contributed by atoms with E-state index in [4.69, 9.17) is 22.1 Å². The molecule has 112 valence electrons. The van der Waals surface area contributed by atoms with Gasteiger partial charge in [0.2, 0.25) is 0 Å². The maximum Gasteiger partial charge on any atom is 0.147 e. The number of nitrogens with two attached hydrogens (primary N) is 1. The Morgan fingerprint density at radius 3 is 2.57 bits per heavy atom. The first-order valence-corrected chi connectivity index (χ1v) is 8.63. The zero-order valence-corrected chi connectivity index (χ0v) is 15.5. The van der Waals surface area contributed by atoms with Crippen molar-refractivity contribution < 1.29 is 4.74 Å². The highest BCUT2D eigenvalue weighted by Crippen LogP contribution is 2.35. The molecule has 0 aliphatic heterocycles. The van der Waals surface area contributed by atoms with Crippen LogP contribution in [-0.2, 0) is 6.42 Å². The molecule has 0 saturated carbocycles. The van der Waals surface area contributed by atoms with Gasteiger partial charge in [0, 0.05) is 10.5 Å². The highest BCUT2D eigenvalue weighted by molar-refractivity contribution is 9.10. The normalized spacial score (nSPS) is 12.2. The fraction of sp³-hybridized carbons (Fsp3) is 0.250. The van der Waals surface area contributed by atoms with Crippen LogP contribution in [0.25, 0.3) is 0 Å². The van der Waals surface area contributed by atoms with Crippen LogP contribution in [0.15, 0.2) is 45.3 Å². The van der Waals surface area contributed by atoms with Crippen molar-refractivity contribution in [3.8, 4) is 11.5 Å². The van der Waals surface area contributed by atoms with Crippen LogP contribution >= 0.6 is 43.5 Å². The summed E-state index contributed by atoms with van der Waals surface area (Å²) in [4.78, 5) is 0. The van der Waals surface area contributed by atoms with Gasteiger partial charge >= 0.3 is 0 Å². The standard InChI is InChI=1S/C16H16Br2ClNO/c1-2-12(20)7-10-3-6-15(13(18)8-10)21-16-9-11(17)4-5-14(16)19/h3-6,8-9,12H,2,7,20H2,1H3. The molecular formula is C16H16Br2ClNO. The quantitative estimate of drug-likeness (QED) is 0.634. The summed E-state index contributed by atoms with van der Waals surface area (Å²) in [5.41, 5.74) is 7.17. The predicted molar refractivity (Wildman–Crippen MR) is 95.3 cm³/mol. The van der Waals surface area contributed by atoms with Crippen molar-refractivity contribution in [2.24, 2.45) is 5.73 Å². The van der Waals surface area contributed by atoms with Crippen molar-refractivity contribution in [3.05, 3.63) is 55.9 Å². The van der Waals surface area contributed by atoms with Crippen molar-refractivity contribution in [3.63, 3.8) is 0 Å². The molecule has 0 aliphatic rings. The van der Waals surface area contributed by atoms with Crippen LogP contribution in [0.2, 0.25) is 5.02 Å². The summed E-state index contributed by atoms with van der Waals surface area (Å²) in [5.74, 6) is 1.34. The molecule has 0 aliphatic carbocycles. The Kier molecular flexibility index (Phi) is 6.11. The molecule has 0 fully saturated rings. The van der Waals surface area contributed by atoms with Gasteiger partial charge in [-0.2, -0.15) is 0 Å². The van der Waals surface area contributed by atoms with E-state index in [1.54, 1.807) is 6.07 Å². The summed E-state index contributed by atoms with van der Waals surface area (Å²) in [6.45, 7) is 2.09. The average molecular weight is 434 g/mol. The van der Waals surface area contributed by atoms with Gasteiger partial charge in [-0.05, 0) is 64.7 Å². The molecule has 0 spiro atoms. The molecule has 2 aromatic rings. The minimum absolute atomic E-state index is 0.184. The lowest BCUT2D eigenvalue weighted by molar-refractivity contribution is 0.479. The van der Waals surface area contributed by atoms with Crippen LogP contribution in [0.3, 0.4) is 0 Å². The third kappa shape index (κ3) is 4.71. The van der Waals surface area contributed by atoms with Gasteiger partial charge in [-0.25, -0.2) is 0 Å². The van der Waals surface area contributed by atoms with Gasteiger partial charge in [-0.15, -0.1) is 0 Å². The lowest BCUT2D eigenvalue weighted by Gasteiger charge is -2.13. The van der Waals surface area contributed by atoms with Crippen molar-refractivity contribution in [1.29, 1.82) is 0 Å². The van der Waals surface area contributed by atoms with Crippen LogP contribution < -0.4 is 10.5 Å². The summed E-state index contributed by atoms with van der Waals surface area (Å²) < 4.78 is 7.68. The highest BCUT2D eigenvalue weighted by atomic mass is 79.9. The summed E-state index contributed by atoms with van der Waals surface area (Å²) in [5, 5.41) is 0.571. The second kappa shape index (κ2) is 7.63. The van der Waals surface area contributed by atoms with E-state index in [2.05, 4.69) is 38.8 Å². The van der Waals surface area contributed by atoms with Crippen molar-refractivity contribution in [2.75, 3.05) is 0 Å². The first kappa shape index (κ1) is 16.8. The Balaban J connectivity index is 2.19. The molecule has 21 heavy (non-hydrogen) atoms. The first-order valence-electron chi connectivity index (χ1n) is 6.66. The monoisotopic (exact) mass is 431 g/mol. The van der Waals surface area contributed by atoms with E-state index in [9.17, 15) is 0 Å². The second-order valence-corrected chi connectivity index (χ2v) is 6.99. The Labute approximate surface area is 146 Å². The maximum absolute atomic E-state index is 6.14. The lowest BCUT2D eigenvalue weighted by atomic mass is 10.0. The molecule has 0 aromatic heterocycles. The topological polar surface area (TPSA) is 35.2 Å². The Morgan fingerprint density at radius 2 is 1.90 bits per heavy atom. The molecule has 2 rings (SSSR count). The number of halogens is 3. The molecule has 1 unspecified atom stereocenters. The minimum Gasteiger partial charge on any atom is -0.455 e. The number of hydrogen-bond acceptors (Lipinski definition) is 2. The molecular weight excluding hydrogens is 417 g/mol. The third-order valence-corrected chi connectivity index (χ3v) is 4.56. The Bertz CT molecular complexity index is 634. The van der Waals surface area contributed by atoms with E-state index in [1.165, 1.54) is 5.56 Å². The first-order chi connectivity index (χ1) is 9.99.